The third-order valence-electron chi connectivity index (χ3n) is 3.84. The van der Waals surface area contributed by atoms with Crippen molar-refractivity contribution in [3.63, 3.8) is 0 Å². The van der Waals surface area contributed by atoms with Gasteiger partial charge in [0.15, 0.2) is 0 Å². The summed E-state index contributed by atoms with van der Waals surface area (Å²) in [5, 5.41) is 0.659. The van der Waals surface area contributed by atoms with Gasteiger partial charge < -0.3 is 10.6 Å². The molecule has 1 heterocycles. The number of hydrogen-bond acceptors (Lipinski definition) is 2. The molecular formula is C16H14BrClN2O. The first kappa shape index (κ1) is 14.6. The van der Waals surface area contributed by atoms with E-state index in [4.69, 9.17) is 17.3 Å². The van der Waals surface area contributed by atoms with Gasteiger partial charge in [-0.2, -0.15) is 0 Å². The van der Waals surface area contributed by atoms with Gasteiger partial charge in [-0.15, -0.1) is 0 Å². The molecule has 108 valence electrons. The number of nitrogens with two attached hydrogens (primary N) is 1. The monoisotopic (exact) mass is 364 g/mol. The molecule has 0 fully saturated rings. The molecule has 0 saturated carbocycles. The van der Waals surface area contributed by atoms with Crippen molar-refractivity contribution >= 4 is 39.1 Å². The van der Waals surface area contributed by atoms with Gasteiger partial charge >= 0.3 is 0 Å². The largest absolute Gasteiger partial charge is 0.320 e. The highest BCUT2D eigenvalue weighted by molar-refractivity contribution is 9.10. The molecule has 2 N–H and O–H groups in total. The lowest BCUT2D eigenvalue weighted by Crippen LogP contribution is -2.20. The van der Waals surface area contributed by atoms with E-state index in [1.54, 1.807) is 11.9 Å². The summed E-state index contributed by atoms with van der Waals surface area (Å²) in [4.78, 5) is 13.4. The molecule has 0 saturated heterocycles. The van der Waals surface area contributed by atoms with Crippen LogP contribution in [0.5, 0.6) is 0 Å². The average Bonchev–Trinajstić information content (AvgIpc) is 2.76. The summed E-state index contributed by atoms with van der Waals surface area (Å²) in [6.07, 6.45) is 0.441. The first-order valence-electron chi connectivity index (χ1n) is 6.57. The zero-order chi connectivity index (χ0) is 15.1. The van der Waals surface area contributed by atoms with Gasteiger partial charge in [-0.25, -0.2) is 0 Å². The van der Waals surface area contributed by atoms with Crippen LogP contribution in [0.25, 0.3) is 0 Å². The maximum absolute atomic E-state index is 11.7. The smallest absolute Gasteiger partial charge is 0.231 e. The fourth-order valence-electron chi connectivity index (χ4n) is 2.58. The SMILES string of the molecule is CN1C(=O)Cc2cc(C(N)c3ccc(Cl)c(Br)c3)ccc21. The zero-order valence-corrected chi connectivity index (χ0v) is 13.8. The normalized spacial score (nSPS) is 15.2. The van der Waals surface area contributed by atoms with Crippen LogP contribution >= 0.6 is 27.5 Å². The van der Waals surface area contributed by atoms with Gasteiger partial charge in [-0.3, -0.25) is 4.79 Å². The molecule has 0 aromatic heterocycles. The Balaban J connectivity index is 1.96. The highest BCUT2D eigenvalue weighted by Gasteiger charge is 2.24. The van der Waals surface area contributed by atoms with Crippen molar-refractivity contribution in [2.75, 3.05) is 11.9 Å². The molecule has 1 amide bonds. The van der Waals surface area contributed by atoms with Crippen LogP contribution in [0.15, 0.2) is 40.9 Å². The summed E-state index contributed by atoms with van der Waals surface area (Å²) in [5.41, 5.74) is 10.3. The number of rotatable bonds is 2. The fourth-order valence-corrected chi connectivity index (χ4v) is 3.10. The van der Waals surface area contributed by atoms with E-state index >= 15 is 0 Å². The topological polar surface area (TPSA) is 46.3 Å². The van der Waals surface area contributed by atoms with Gasteiger partial charge in [0.25, 0.3) is 0 Å². The van der Waals surface area contributed by atoms with E-state index < -0.39 is 0 Å². The lowest BCUT2D eigenvalue weighted by atomic mass is 9.97. The Morgan fingerprint density at radius 3 is 2.62 bits per heavy atom. The fraction of sp³-hybridized carbons (Fsp3) is 0.188. The Morgan fingerprint density at radius 2 is 1.90 bits per heavy atom. The third-order valence-corrected chi connectivity index (χ3v) is 5.06. The number of hydrogen-bond donors (Lipinski definition) is 1. The van der Waals surface area contributed by atoms with Crippen molar-refractivity contribution in [3.8, 4) is 0 Å². The van der Waals surface area contributed by atoms with Gasteiger partial charge in [-0.05, 0) is 50.8 Å². The number of benzene rings is 2. The number of fused-ring (bicyclic) bond motifs is 1. The van der Waals surface area contributed by atoms with Crippen molar-refractivity contribution in [1.82, 2.24) is 0 Å². The van der Waals surface area contributed by atoms with Crippen molar-refractivity contribution in [1.29, 1.82) is 0 Å². The van der Waals surface area contributed by atoms with Crippen molar-refractivity contribution < 1.29 is 4.79 Å². The minimum atomic E-state index is -0.245. The second kappa shape index (κ2) is 5.44. The van der Waals surface area contributed by atoms with Crippen molar-refractivity contribution in [2.24, 2.45) is 5.73 Å². The van der Waals surface area contributed by atoms with Crippen molar-refractivity contribution in [3.05, 3.63) is 62.6 Å². The highest BCUT2D eigenvalue weighted by Crippen LogP contribution is 2.32. The summed E-state index contributed by atoms with van der Waals surface area (Å²) in [7, 11) is 1.80. The molecule has 5 heteroatoms. The van der Waals surface area contributed by atoms with Crippen LogP contribution < -0.4 is 10.6 Å². The molecule has 3 nitrogen and oxygen atoms in total. The third kappa shape index (κ3) is 2.59. The van der Waals surface area contributed by atoms with Gasteiger partial charge in [0.05, 0.1) is 17.5 Å². The van der Waals surface area contributed by atoms with E-state index in [0.717, 1.165) is 26.9 Å². The average molecular weight is 366 g/mol. The number of nitrogens with zero attached hydrogens (tertiary/aromatic N) is 1. The highest BCUT2D eigenvalue weighted by atomic mass is 79.9. The lowest BCUT2D eigenvalue weighted by molar-refractivity contribution is -0.117. The lowest BCUT2D eigenvalue weighted by Gasteiger charge is -2.16. The maximum Gasteiger partial charge on any atom is 0.231 e. The van der Waals surface area contributed by atoms with Gasteiger partial charge in [0, 0.05) is 17.2 Å². The minimum absolute atomic E-state index is 0.116. The molecular weight excluding hydrogens is 352 g/mol. The minimum Gasteiger partial charge on any atom is -0.320 e. The molecule has 21 heavy (non-hydrogen) atoms. The quantitative estimate of drug-likeness (QED) is 0.882. The molecule has 0 aliphatic carbocycles. The summed E-state index contributed by atoms with van der Waals surface area (Å²) < 4.78 is 0.827. The van der Waals surface area contributed by atoms with Gasteiger partial charge in [-0.1, -0.05) is 29.8 Å². The van der Waals surface area contributed by atoms with Crippen LogP contribution in [-0.4, -0.2) is 13.0 Å². The zero-order valence-electron chi connectivity index (χ0n) is 11.4. The van der Waals surface area contributed by atoms with Crippen LogP contribution in [-0.2, 0) is 11.2 Å². The van der Waals surface area contributed by atoms with Gasteiger partial charge in [0.1, 0.15) is 0 Å². The molecule has 0 spiro atoms. The van der Waals surface area contributed by atoms with Crippen molar-refractivity contribution in [2.45, 2.75) is 12.5 Å². The Hall–Kier alpha value is -1.36. The van der Waals surface area contributed by atoms with Crippen LogP contribution in [0.1, 0.15) is 22.7 Å². The number of carbonyl (C=O) groups is 1. The molecule has 3 rings (SSSR count). The summed E-state index contributed by atoms with van der Waals surface area (Å²) in [6, 6.07) is 11.4. The molecule has 1 atom stereocenters. The molecule has 1 unspecified atom stereocenters. The molecule has 2 aromatic carbocycles. The van der Waals surface area contributed by atoms with E-state index in [1.807, 2.05) is 36.4 Å². The van der Waals surface area contributed by atoms with E-state index in [0.29, 0.717) is 11.4 Å². The predicted molar refractivity (Wildman–Crippen MR) is 88.7 cm³/mol. The van der Waals surface area contributed by atoms with E-state index in [-0.39, 0.29) is 11.9 Å². The standard InChI is InChI=1S/C16H14BrClN2O/c1-20-14-5-3-9(6-11(14)8-15(20)21)16(19)10-2-4-13(18)12(17)7-10/h2-7,16H,8,19H2,1H3. The molecule has 0 bridgehead atoms. The van der Waals surface area contributed by atoms with Gasteiger partial charge in [0.2, 0.25) is 5.91 Å². The van der Waals surface area contributed by atoms with E-state index in [1.165, 1.54) is 0 Å². The van der Waals surface area contributed by atoms with Crippen LogP contribution in [0, 0.1) is 0 Å². The van der Waals surface area contributed by atoms with Crippen LogP contribution in [0.2, 0.25) is 5.02 Å². The number of halogens is 2. The summed E-state index contributed by atoms with van der Waals surface area (Å²) in [6.45, 7) is 0. The Morgan fingerprint density at radius 1 is 1.24 bits per heavy atom. The first-order valence-corrected chi connectivity index (χ1v) is 7.74. The predicted octanol–water partition coefficient (Wildman–Crippen LogP) is 3.67. The Kier molecular flexibility index (Phi) is 3.78. The Labute approximate surface area is 136 Å². The number of likely N-dealkylation sites (N-methyl/N-ethyl adjacent to an activating group) is 1. The number of anilines is 1. The van der Waals surface area contributed by atoms with Crippen LogP contribution in [0.4, 0.5) is 5.69 Å². The molecule has 1 aliphatic rings. The van der Waals surface area contributed by atoms with Crippen LogP contribution in [0.3, 0.4) is 0 Å². The molecule has 0 radical (unpaired) electrons. The maximum atomic E-state index is 11.7. The number of carbonyl (C=O) groups excluding carboxylic acids is 1. The second-order valence-electron chi connectivity index (χ2n) is 5.17. The summed E-state index contributed by atoms with van der Waals surface area (Å²) in [5.74, 6) is 0.116. The van der Waals surface area contributed by atoms with E-state index in [2.05, 4.69) is 15.9 Å². The Bertz CT molecular complexity index is 732. The first-order chi connectivity index (χ1) is 9.97. The van der Waals surface area contributed by atoms with E-state index in [9.17, 15) is 4.79 Å². The molecule has 1 aliphatic heterocycles. The second-order valence-corrected chi connectivity index (χ2v) is 6.43. The molecule has 2 aromatic rings. The summed E-state index contributed by atoms with van der Waals surface area (Å²) >= 11 is 9.42. The number of amides is 1.